The minimum Gasteiger partial charge on any atom is -0.453 e. The Morgan fingerprint density at radius 1 is 1.64 bits per heavy atom. The molecule has 66 valence electrons. The van der Waals surface area contributed by atoms with Gasteiger partial charge in [-0.2, -0.15) is 0 Å². The van der Waals surface area contributed by atoms with E-state index >= 15 is 0 Å². The summed E-state index contributed by atoms with van der Waals surface area (Å²) in [5.41, 5.74) is -0.872. The number of methoxy groups -OCH3 is 1. The molecule has 11 heavy (non-hydrogen) atoms. The van der Waals surface area contributed by atoms with Crippen LogP contribution in [0.3, 0.4) is 0 Å². The van der Waals surface area contributed by atoms with E-state index in [0.717, 1.165) is 0 Å². The number of amides is 1. The second-order valence-electron chi connectivity index (χ2n) is 3.14. The van der Waals surface area contributed by atoms with Crippen LogP contribution in [0.5, 0.6) is 0 Å². The molecule has 0 aliphatic rings. The average molecular weight is 161 g/mol. The van der Waals surface area contributed by atoms with Gasteiger partial charge >= 0.3 is 6.09 Å². The number of likely N-dealkylation sites (N-methyl/N-ethyl adjacent to an activating group) is 1. The van der Waals surface area contributed by atoms with E-state index in [1.54, 1.807) is 20.9 Å². The quantitative estimate of drug-likeness (QED) is 0.640. The zero-order chi connectivity index (χ0) is 9.07. The summed E-state index contributed by atoms with van der Waals surface area (Å²) < 4.78 is 4.43. The number of rotatable bonds is 2. The van der Waals surface area contributed by atoms with Crippen LogP contribution < -0.4 is 0 Å². The Hall–Kier alpha value is -0.770. The van der Waals surface area contributed by atoms with Crippen molar-refractivity contribution >= 4 is 6.09 Å². The Bertz CT molecular complexity index is 139. The molecule has 0 saturated carbocycles. The number of nitrogens with zero attached hydrogens (tertiary/aromatic N) is 1. The summed E-state index contributed by atoms with van der Waals surface area (Å²) in [5, 5.41) is 9.28. The van der Waals surface area contributed by atoms with Crippen LogP contribution in [-0.2, 0) is 4.74 Å². The first-order chi connectivity index (χ1) is 4.87. The Kier molecular flexibility index (Phi) is 3.32. The molecule has 0 radical (unpaired) electrons. The van der Waals surface area contributed by atoms with Crippen LogP contribution in [-0.4, -0.2) is 42.4 Å². The largest absolute Gasteiger partial charge is 0.453 e. The maximum atomic E-state index is 10.8. The fourth-order valence-corrected chi connectivity index (χ4v) is 0.801. The van der Waals surface area contributed by atoms with Gasteiger partial charge in [-0.1, -0.05) is 0 Å². The molecule has 0 aliphatic heterocycles. The van der Waals surface area contributed by atoms with Crippen molar-refractivity contribution in [1.29, 1.82) is 0 Å². The molecule has 1 N–H and O–H groups in total. The summed E-state index contributed by atoms with van der Waals surface area (Å²) in [4.78, 5) is 12.1. The van der Waals surface area contributed by atoms with Gasteiger partial charge in [0.05, 0.1) is 19.3 Å². The van der Waals surface area contributed by atoms with E-state index in [4.69, 9.17) is 0 Å². The number of carbonyl (C=O) groups is 1. The van der Waals surface area contributed by atoms with Crippen LogP contribution in [0.15, 0.2) is 0 Å². The second kappa shape index (κ2) is 3.57. The Labute approximate surface area is 66.8 Å². The van der Waals surface area contributed by atoms with Crippen LogP contribution in [0.25, 0.3) is 0 Å². The molecular weight excluding hydrogens is 146 g/mol. The lowest BCUT2D eigenvalue weighted by atomic mass is 10.1. The highest BCUT2D eigenvalue weighted by Crippen LogP contribution is 2.03. The van der Waals surface area contributed by atoms with Gasteiger partial charge in [0.1, 0.15) is 0 Å². The standard InChI is InChI=1S/C7H15NO3/c1-7(2,10)5-8(3)6(9)11-4/h10H,5H2,1-4H3. The normalized spacial score (nSPS) is 11.0. The van der Waals surface area contributed by atoms with E-state index < -0.39 is 11.7 Å². The van der Waals surface area contributed by atoms with Gasteiger partial charge < -0.3 is 14.7 Å². The van der Waals surface area contributed by atoms with Gasteiger partial charge in [-0.15, -0.1) is 0 Å². The van der Waals surface area contributed by atoms with Gasteiger partial charge in [0.25, 0.3) is 0 Å². The van der Waals surface area contributed by atoms with Crippen molar-refractivity contribution in [1.82, 2.24) is 4.90 Å². The Balaban J connectivity index is 3.87. The number of carbonyl (C=O) groups excluding carboxylic acids is 1. The molecule has 0 aromatic carbocycles. The lowest BCUT2D eigenvalue weighted by Gasteiger charge is -2.24. The van der Waals surface area contributed by atoms with E-state index in [2.05, 4.69) is 4.74 Å². The van der Waals surface area contributed by atoms with Crippen LogP contribution in [0.2, 0.25) is 0 Å². The van der Waals surface area contributed by atoms with Crippen molar-refractivity contribution in [2.75, 3.05) is 20.7 Å². The number of hydrogen-bond donors (Lipinski definition) is 1. The molecule has 0 aromatic heterocycles. The molecule has 0 aromatic rings. The summed E-state index contributed by atoms with van der Waals surface area (Å²) in [6.07, 6.45) is -0.438. The topological polar surface area (TPSA) is 49.8 Å². The highest BCUT2D eigenvalue weighted by atomic mass is 16.5. The predicted molar refractivity (Wildman–Crippen MR) is 41.3 cm³/mol. The zero-order valence-corrected chi connectivity index (χ0v) is 7.42. The molecular formula is C7H15NO3. The van der Waals surface area contributed by atoms with Crippen molar-refractivity contribution < 1.29 is 14.6 Å². The van der Waals surface area contributed by atoms with Crippen molar-refractivity contribution in [2.45, 2.75) is 19.4 Å². The molecule has 0 rings (SSSR count). The van der Waals surface area contributed by atoms with Crippen LogP contribution >= 0.6 is 0 Å². The molecule has 0 spiro atoms. The molecule has 0 atom stereocenters. The first-order valence-corrected chi connectivity index (χ1v) is 3.38. The summed E-state index contributed by atoms with van der Waals surface area (Å²) in [6, 6.07) is 0. The minimum absolute atomic E-state index is 0.264. The van der Waals surface area contributed by atoms with Gasteiger partial charge in [0.15, 0.2) is 0 Å². The lowest BCUT2D eigenvalue weighted by molar-refractivity contribution is 0.0405. The predicted octanol–water partition coefficient (Wildman–Crippen LogP) is 0.455. The molecule has 0 bridgehead atoms. The van der Waals surface area contributed by atoms with Gasteiger partial charge in [0, 0.05) is 7.05 Å². The Morgan fingerprint density at radius 2 is 2.09 bits per heavy atom. The van der Waals surface area contributed by atoms with E-state index in [0.29, 0.717) is 0 Å². The maximum absolute atomic E-state index is 10.8. The number of aliphatic hydroxyl groups is 1. The smallest absolute Gasteiger partial charge is 0.409 e. The van der Waals surface area contributed by atoms with Gasteiger partial charge in [-0.3, -0.25) is 0 Å². The monoisotopic (exact) mass is 161 g/mol. The first kappa shape index (κ1) is 10.2. The minimum atomic E-state index is -0.872. The highest BCUT2D eigenvalue weighted by molar-refractivity contribution is 5.67. The molecule has 1 amide bonds. The van der Waals surface area contributed by atoms with Crippen molar-refractivity contribution in [2.24, 2.45) is 0 Å². The van der Waals surface area contributed by atoms with E-state index in [1.165, 1.54) is 12.0 Å². The van der Waals surface area contributed by atoms with E-state index in [1.807, 2.05) is 0 Å². The third-order valence-electron chi connectivity index (χ3n) is 1.11. The SMILES string of the molecule is COC(=O)N(C)CC(C)(C)O. The number of hydrogen-bond acceptors (Lipinski definition) is 3. The fraction of sp³-hybridized carbons (Fsp3) is 0.857. The zero-order valence-electron chi connectivity index (χ0n) is 7.42. The third-order valence-corrected chi connectivity index (χ3v) is 1.11. The van der Waals surface area contributed by atoms with Crippen molar-refractivity contribution in [3.63, 3.8) is 0 Å². The van der Waals surface area contributed by atoms with Crippen molar-refractivity contribution in [3.05, 3.63) is 0 Å². The summed E-state index contributed by atoms with van der Waals surface area (Å²) in [7, 11) is 2.88. The fourth-order valence-electron chi connectivity index (χ4n) is 0.801. The lowest BCUT2D eigenvalue weighted by Crippen LogP contribution is -2.39. The highest BCUT2D eigenvalue weighted by Gasteiger charge is 2.19. The number of ether oxygens (including phenoxy) is 1. The molecule has 4 heteroatoms. The summed E-state index contributed by atoms with van der Waals surface area (Å²) in [5.74, 6) is 0. The molecule has 0 aliphatic carbocycles. The average Bonchev–Trinajstić information content (AvgIpc) is 1.82. The van der Waals surface area contributed by atoms with Gasteiger partial charge in [-0.25, -0.2) is 4.79 Å². The maximum Gasteiger partial charge on any atom is 0.409 e. The van der Waals surface area contributed by atoms with Crippen LogP contribution in [0.4, 0.5) is 4.79 Å². The first-order valence-electron chi connectivity index (χ1n) is 3.38. The van der Waals surface area contributed by atoms with E-state index in [-0.39, 0.29) is 6.54 Å². The van der Waals surface area contributed by atoms with Crippen LogP contribution in [0, 0.1) is 0 Å². The van der Waals surface area contributed by atoms with E-state index in [9.17, 15) is 9.90 Å². The molecule has 4 nitrogen and oxygen atoms in total. The Morgan fingerprint density at radius 3 is 2.36 bits per heavy atom. The molecule has 0 saturated heterocycles. The summed E-state index contributed by atoms with van der Waals surface area (Å²) in [6.45, 7) is 3.53. The van der Waals surface area contributed by atoms with Crippen molar-refractivity contribution in [3.8, 4) is 0 Å². The van der Waals surface area contributed by atoms with Crippen LogP contribution in [0.1, 0.15) is 13.8 Å². The molecule has 0 unspecified atom stereocenters. The molecule has 0 heterocycles. The molecule has 0 fully saturated rings. The van der Waals surface area contributed by atoms with Gasteiger partial charge in [0.2, 0.25) is 0 Å². The third kappa shape index (κ3) is 4.61. The second-order valence-corrected chi connectivity index (χ2v) is 3.14. The van der Waals surface area contributed by atoms with Gasteiger partial charge in [-0.05, 0) is 13.8 Å². The summed E-state index contributed by atoms with van der Waals surface area (Å²) >= 11 is 0.